The lowest BCUT2D eigenvalue weighted by atomic mass is 10.2. The highest BCUT2D eigenvalue weighted by atomic mass is 15.3. The Hall–Kier alpha value is -2.14. The number of benzene rings is 1. The minimum Gasteiger partial charge on any atom is -0.329 e. The molecule has 94 valence electrons. The Morgan fingerprint density at radius 3 is 2.39 bits per heavy atom. The second-order valence-electron chi connectivity index (χ2n) is 4.11. The molecule has 0 radical (unpaired) electrons. The van der Waals surface area contributed by atoms with E-state index in [2.05, 4.69) is 15.4 Å². The van der Waals surface area contributed by atoms with E-state index in [1.165, 1.54) is 0 Å². The van der Waals surface area contributed by atoms with Crippen LogP contribution in [0.25, 0.3) is 0 Å². The van der Waals surface area contributed by atoms with Gasteiger partial charge < -0.3 is 10.3 Å². The molecule has 0 aliphatic heterocycles. The van der Waals surface area contributed by atoms with Gasteiger partial charge in [0.15, 0.2) is 0 Å². The van der Waals surface area contributed by atoms with Gasteiger partial charge in [0.05, 0.1) is 0 Å². The van der Waals surface area contributed by atoms with Gasteiger partial charge in [-0.3, -0.25) is 0 Å². The number of hydrogen-bond donors (Lipinski definition) is 2. The summed E-state index contributed by atoms with van der Waals surface area (Å²) in [5, 5.41) is 0. The Morgan fingerprint density at radius 1 is 1.11 bits per heavy atom. The second kappa shape index (κ2) is 5.01. The zero-order valence-corrected chi connectivity index (χ0v) is 10.8. The van der Waals surface area contributed by atoms with Crippen molar-refractivity contribution in [1.82, 2.24) is 9.97 Å². The number of nitrogen functional groups attached to an aromatic ring is 1. The Balaban J connectivity index is 2.48. The van der Waals surface area contributed by atoms with Crippen LogP contribution in [0.4, 0.5) is 17.3 Å². The zero-order valence-electron chi connectivity index (χ0n) is 10.8. The summed E-state index contributed by atoms with van der Waals surface area (Å²) in [6.45, 7) is 3.80. The average Bonchev–Trinajstić information content (AvgIpc) is 2.41. The second-order valence-corrected chi connectivity index (χ2v) is 4.11. The van der Waals surface area contributed by atoms with Crippen molar-refractivity contribution in [2.24, 2.45) is 5.84 Å². The third-order valence-electron chi connectivity index (χ3n) is 2.83. The third kappa shape index (κ3) is 2.26. The maximum Gasteiger partial charge on any atom is 0.148 e. The summed E-state index contributed by atoms with van der Waals surface area (Å²) in [6.07, 6.45) is 0. The van der Waals surface area contributed by atoms with E-state index >= 15 is 0 Å². The van der Waals surface area contributed by atoms with Gasteiger partial charge in [-0.1, -0.05) is 18.2 Å². The molecule has 0 bridgehead atoms. The largest absolute Gasteiger partial charge is 0.329 e. The van der Waals surface area contributed by atoms with E-state index in [4.69, 9.17) is 5.84 Å². The van der Waals surface area contributed by atoms with Crippen molar-refractivity contribution in [1.29, 1.82) is 0 Å². The smallest absolute Gasteiger partial charge is 0.148 e. The molecule has 1 aromatic carbocycles. The first-order valence-electron chi connectivity index (χ1n) is 5.74. The average molecular weight is 243 g/mol. The Bertz CT molecular complexity index is 539. The molecule has 0 unspecified atom stereocenters. The number of aromatic nitrogens is 2. The van der Waals surface area contributed by atoms with Gasteiger partial charge in [-0.05, 0) is 26.0 Å². The summed E-state index contributed by atoms with van der Waals surface area (Å²) in [5.74, 6) is 7.66. The highest BCUT2D eigenvalue weighted by Gasteiger charge is 2.13. The van der Waals surface area contributed by atoms with Gasteiger partial charge in [-0.25, -0.2) is 15.8 Å². The number of nitrogens with two attached hydrogens (primary N) is 1. The summed E-state index contributed by atoms with van der Waals surface area (Å²) in [4.78, 5) is 10.7. The van der Waals surface area contributed by atoms with Crippen molar-refractivity contribution in [3.8, 4) is 0 Å². The molecule has 3 N–H and O–H groups in total. The Morgan fingerprint density at radius 2 is 1.78 bits per heavy atom. The maximum atomic E-state index is 5.47. The molecule has 5 nitrogen and oxygen atoms in total. The van der Waals surface area contributed by atoms with Crippen molar-refractivity contribution >= 4 is 17.3 Å². The van der Waals surface area contributed by atoms with Gasteiger partial charge in [-0.2, -0.15) is 0 Å². The molecular weight excluding hydrogens is 226 g/mol. The first-order valence-corrected chi connectivity index (χ1v) is 5.74. The lowest BCUT2D eigenvalue weighted by Gasteiger charge is -2.21. The molecule has 0 atom stereocenters. The molecule has 0 saturated carbocycles. The molecule has 0 aliphatic rings. The molecule has 0 spiro atoms. The number of hydrogen-bond acceptors (Lipinski definition) is 5. The first kappa shape index (κ1) is 12.3. The summed E-state index contributed by atoms with van der Waals surface area (Å²) in [6, 6.07) is 10.1. The van der Waals surface area contributed by atoms with Gasteiger partial charge >= 0.3 is 0 Å². The fourth-order valence-electron chi connectivity index (χ4n) is 1.85. The summed E-state index contributed by atoms with van der Waals surface area (Å²) in [7, 11) is 1.98. The number of para-hydroxylation sites is 1. The zero-order chi connectivity index (χ0) is 13.1. The van der Waals surface area contributed by atoms with Crippen LogP contribution in [0.1, 0.15) is 11.4 Å². The fourth-order valence-corrected chi connectivity index (χ4v) is 1.85. The van der Waals surface area contributed by atoms with Crippen molar-refractivity contribution in [2.75, 3.05) is 17.4 Å². The number of nitrogens with zero attached hydrogens (tertiary/aromatic N) is 3. The topological polar surface area (TPSA) is 67.1 Å². The summed E-state index contributed by atoms with van der Waals surface area (Å²) in [5.41, 5.74) is 4.60. The monoisotopic (exact) mass is 243 g/mol. The summed E-state index contributed by atoms with van der Waals surface area (Å²) < 4.78 is 0. The molecule has 18 heavy (non-hydrogen) atoms. The van der Waals surface area contributed by atoms with Crippen LogP contribution in [0.2, 0.25) is 0 Å². The molecule has 2 rings (SSSR count). The van der Waals surface area contributed by atoms with Crippen molar-refractivity contribution in [2.45, 2.75) is 13.8 Å². The standard InChI is InChI=1S/C13H17N5/c1-9-12(17-14)15-10(2)16-13(9)18(3)11-7-5-4-6-8-11/h4-8H,14H2,1-3H3,(H,15,16,17). The van der Waals surface area contributed by atoms with Gasteiger partial charge in [0.1, 0.15) is 17.5 Å². The number of anilines is 3. The number of rotatable bonds is 3. The molecule has 0 aliphatic carbocycles. The van der Waals surface area contributed by atoms with Crippen LogP contribution in [0.15, 0.2) is 30.3 Å². The normalized spacial score (nSPS) is 10.2. The maximum absolute atomic E-state index is 5.47. The third-order valence-corrected chi connectivity index (χ3v) is 2.83. The molecule has 0 amide bonds. The van der Waals surface area contributed by atoms with E-state index in [-0.39, 0.29) is 0 Å². The fraction of sp³-hybridized carbons (Fsp3) is 0.231. The highest BCUT2D eigenvalue weighted by Crippen LogP contribution is 2.27. The molecule has 2 aromatic rings. The molecule has 1 aromatic heterocycles. The molecule has 5 heteroatoms. The van der Waals surface area contributed by atoms with E-state index in [0.717, 1.165) is 17.1 Å². The van der Waals surface area contributed by atoms with Gasteiger partial charge in [0, 0.05) is 18.3 Å². The molecule has 1 heterocycles. The summed E-state index contributed by atoms with van der Waals surface area (Å²) >= 11 is 0. The molecule has 0 saturated heterocycles. The van der Waals surface area contributed by atoms with Crippen LogP contribution in [0, 0.1) is 13.8 Å². The lowest BCUT2D eigenvalue weighted by Crippen LogP contribution is -2.17. The van der Waals surface area contributed by atoms with E-state index in [1.54, 1.807) is 0 Å². The van der Waals surface area contributed by atoms with Crippen LogP contribution >= 0.6 is 0 Å². The van der Waals surface area contributed by atoms with E-state index < -0.39 is 0 Å². The predicted molar refractivity (Wildman–Crippen MR) is 73.8 cm³/mol. The SMILES string of the molecule is Cc1nc(NN)c(C)c(N(C)c2ccccc2)n1. The first-order chi connectivity index (χ1) is 8.63. The number of hydrazine groups is 1. The number of nitrogens with one attached hydrogen (secondary N) is 1. The van der Waals surface area contributed by atoms with Crippen LogP contribution < -0.4 is 16.2 Å². The predicted octanol–water partition coefficient (Wildman–Crippen LogP) is 2.15. The van der Waals surface area contributed by atoms with Crippen molar-refractivity contribution < 1.29 is 0 Å². The Kier molecular flexibility index (Phi) is 3.43. The van der Waals surface area contributed by atoms with Crippen LogP contribution in [-0.2, 0) is 0 Å². The molecule has 0 fully saturated rings. The highest BCUT2D eigenvalue weighted by molar-refractivity contribution is 5.66. The van der Waals surface area contributed by atoms with Crippen molar-refractivity contribution in [3.05, 3.63) is 41.7 Å². The van der Waals surface area contributed by atoms with Crippen molar-refractivity contribution in [3.63, 3.8) is 0 Å². The van der Waals surface area contributed by atoms with Crippen LogP contribution in [0.3, 0.4) is 0 Å². The molecular formula is C13H17N5. The Labute approximate surface area is 107 Å². The number of aryl methyl sites for hydroxylation is 1. The van der Waals surface area contributed by atoms with E-state index in [1.807, 2.05) is 56.1 Å². The quantitative estimate of drug-likeness (QED) is 0.638. The van der Waals surface area contributed by atoms with Gasteiger partial charge in [0.25, 0.3) is 0 Å². The van der Waals surface area contributed by atoms with E-state index in [9.17, 15) is 0 Å². The van der Waals surface area contributed by atoms with Crippen LogP contribution in [0.5, 0.6) is 0 Å². The lowest BCUT2D eigenvalue weighted by molar-refractivity contribution is 0.987. The van der Waals surface area contributed by atoms with E-state index in [0.29, 0.717) is 11.6 Å². The van der Waals surface area contributed by atoms with Gasteiger partial charge in [-0.15, -0.1) is 0 Å². The minimum absolute atomic E-state index is 0.653. The minimum atomic E-state index is 0.653. The van der Waals surface area contributed by atoms with Crippen LogP contribution in [-0.4, -0.2) is 17.0 Å². The van der Waals surface area contributed by atoms with Gasteiger partial charge in [0.2, 0.25) is 0 Å².